The van der Waals surface area contributed by atoms with Crippen molar-refractivity contribution in [1.82, 2.24) is 10.6 Å². The van der Waals surface area contributed by atoms with Gasteiger partial charge in [0.2, 0.25) is 11.8 Å². The first-order valence-electron chi connectivity index (χ1n) is 9.13. The third-order valence-electron chi connectivity index (χ3n) is 4.18. The molecule has 1 fully saturated rings. The first-order valence-corrected chi connectivity index (χ1v) is 10.0. The molecule has 0 spiro atoms. The third kappa shape index (κ3) is 5.53. The van der Waals surface area contributed by atoms with Gasteiger partial charge >= 0.3 is 0 Å². The van der Waals surface area contributed by atoms with Gasteiger partial charge in [-0.05, 0) is 17.5 Å². The molecule has 0 bridgehead atoms. The summed E-state index contributed by atoms with van der Waals surface area (Å²) in [5, 5.41) is 13.9. The normalized spacial score (nSPS) is 18.2. The largest absolute Gasteiger partial charge is 0.352 e. The second-order valence-corrected chi connectivity index (χ2v) is 7.43. The molecular weight excluding hydrogens is 372 g/mol. The Bertz CT molecular complexity index is 882. The molecule has 1 aliphatic rings. The van der Waals surface area contributed by atoms with Crippen LogP contribution in [0.25, 0.3) is 0 Å². The Balaban J connectivity index is 1.56. The average molecular weight is 395 g/mol. The zero-order chi connectivity index (χ0) is 19.8. The van der Waals surface area contributed by atoms with E-state index in [1.54, 1.807) is 0 Å². The van der Waals surface area contributed by atoms with Gasteiger partial charge in [-0.1, -0.05) is 79.3 Å². The van der Waals surface area contributed by atoms with Crippen molar-refractivity contribution >= 4 is 34.5 Å². The van der Waals surface area contributed by atoms with Gasteiger partial charge in [0.25, 0.3) is 0 Å². The van der Waals surface area contributed by atoms with Crippen LogP contribution in [0.3, 0.4) is 0 Å². The van der Waals surface area contributed by atoms with Gasteiger partial charge in [-0.3, -0.25) is 9.59 Å². The van der Waals surface area contributed by atoms with E-state index in [1.165, 1.54) is 11.8 Å². The van der Waals surface area contributed by atoms with Gasteiger partial charge in [0.05, 0.1) is 5.71 Å². The molecule has 1 heterocycles. The van der Waals surface area contributed by atoms with E-state index in [0.29, 0.717) is 11.7 Å². The number of hydrogen-bond acceptors (Lipinski definition) is 5. The molecule has 1 atom stereocenters. The number of carbonyl (C=O) groups excluding carboxylic acids is 2. The smallest absolute Gasteiger partial charge is 0.240 e. The number of thioether (sulfide) groups is 1. The van der Waals surface area contributed by atoms with Crippen LogP contribution in [0.2, 0.25) is 0 Å². The van der Waals surface area contributed by atoms with Gasteiger partial charge in [0, 0.05) is 13.0 Å². The number of benzene rings is 2. The van der Waals surface area contributed by atoms with E-state index in [-0.39, 0.29) is 18.2 Å². The summed E-state index contributed by atoms with van der Waals surface area (Å²) < 4.78 is 0. The molecule has 0 saturated carbocycles. The minimum atomic E-state index is -0.494. The Morgan fingerprint density at radius 3 is 2.46 bits per heavy atom. The van der Waals surface area contributed by atoms with Crippen LogP contribution in [0.1, 0.15) is 30.9 Å². The Labute approximate surface area is 168 Å². The fourth-order valence-electron chi connectivity index (χ4n) is 2.69. The lowest BCUT2D eigenvalue weighted by Gasteiger charge is -2.07. The highest BCUT2D eigenvalue weighted by molar-refractivity contribution is 8.15. The molecule has 0 radical (unpaired) electrons. The van der Waals surface area contributed by atoms with Crippen molar-refractivity contribution in [2.75, 3.05) is 0 Å². The molecule has 2 aromatic carbocycles. The zero-order valence-electron chi connectivity index (χ0n) is 15.6. The van der Waals surface area contributed by atoms with Crippen molar-refractivity contribution in [3.8, 4) is 0 Å². The van der Waals surface area contributed by atoms with Gasteiger partial charge < -0.3 is 10.6 Å². The van der Waals surface area contributed by atoms with E-state index in [9.17, 15) is 9.59 Å². The Kier molecular flexibility index (Phi) is 6.97. The third-order valence-corrected chi connectivity index (χ3v) is 5.26. The summed E-state index contributed by atoms with van der Waals surface area (Å²) in [5.41, 5.74) is 2.86. The van der Waals surface area contributed by atoms with Crippen LogP contribution in [0.15, 0.2) is 70.9 Å². The lowest BCUT2D eigenvalue weighted by Crippen LogP contribution is -2.31. The molecule has 1 unspecified atom stereocenters. The second-order valence-electron chi connectivity index (χ2n) is 6.23. The van der Waals surface area contributed by atoms with Crippen molar-refractivity contribution in [3.05, 3.63) is 71.8 Å². The maximum atomic E-state index is 12.2. The molecule has 0 aliphatic carbocycles. The Morgan fingerprint density at radius 2 is 1.79 bits per heavy atom. The number of nitrogens with one attached hydrogen (secondary N) is 2. The number of carbonyl (C=O) groups is 2. The first kappa shape index (κ1) is 19.8. The lowest BCUT2D eigenvalue weighted by molar-refractivity contribution is -0.125. The maximum Gasteiger partial charge on any atom is 0.240 e. The Hall–Kier alpha value is -2.93. The van der Waals surface area contributed by atoms with E-state index in [1.807, 2.05) is 67.6 Å². The molecule has 2 amide bonds. The monoisotopic (exact) mass is 394 g/mol. The van der Waals surface area contributed by atoms with E-state index in [4.69, 9.17) is 0 Å². The quantitative estimate of drug-likeness (QED) is 0.559. The summed E-state index contributed by atoms with van der Waals surface area (Å²) in [6.45, 7) is 2.45. The van der Waals surface area contributed by atoms with E-state index < -0.39 is 5.25 Å². The standard InChI is InChI=1S/C21H22N4O2S/c1-2-17(16-11-7-4-8-12-16)24-25-21-23-20(27)18(28-21)13-19(26)22-14-15-9-5-3-6-10-15/h3-12,18H,2,13-14H2,1H3,(H,22,26)(H,23,25,27)/b24-17-. The Morgan fingerprint density at radius 1 is 1.11 bits per heavy atom. The van der Waals surface area contributed by atoms with Crippen molar-refractivity contribution in [1.29, 1.82) is 0 Å². The van der Waals surface area contributed by atoms with Gasteiger partial charge in [0.1, 0.15) is 5.25 Å². The summed E-state index contributed by atoms with van der Waals surface area (Å²) in [4.78, 5) is 24.3. The molecule has 0 aromatic heterocycles. The summed E-state index contributed by atoms with van der Waals surface area (Å²) >= 11 is 1.24. The fraction of sp³-hybridized carbons (Fsp3) is 0.238. The summed E-state index contributed by atoms with van der Waals surface area (Å²) in [5.74, 6) is -0.383. The predicted octanol–water partition coefficient (Wildman–Crippen LogP) is 3.09. The number of amides is 2. The fourth-order valence-corrected chi connectivity index (χ4v) is 3.61. The highest BCUT2D eigenvalue weighted by Gasteiger charge is 2.32. The summed E-state index contributed by atoms with van der Waals surface area (Å²) in [6, 6.07) is 19.4. The van der Waals surface area contributed by atoms with Crippen LogP contribution in [0, 0.1) is 0 Å². The van der Waals surface area contributed by atoms with Crippen LogP contribution < -0.4 is 10.6 Å². The lowest BCUT2D eigenvalue weighted by atomic mass is 10.1. The second kappa shape index (κ2) is 9.85. The van der Waals surface area contributed by atoms with E-state index in [0.717, 1.165) is 23.3 Å². The van der Waals surface area contributed by atoms with Crippen molar-refractivity contribution < 1.29 is 9.59 Å². The predicted molar refractivity (Wildman–Crippen MR) is 113 cm³/mol. The molecule has 2 aromatic rings. The van der Waals surface area contributed by atoms with Gasteiger partial charge in [0.15, 0.2) is 5.17 Å². The molecule has 7 heteroatoms. The number of amidine groups is 1. The highest BCUT2D eigenvalue weighted by atomic mass is 32.2. The summed E-state index contributed by atoms with van der Waals surface area (Å²) in [6.07, 6.45) is 0.829. The molecule has 1 saturated heterocycles. The summed E-state index contributed by atoms with van der Waals surface area (Å²) in [7, 11) is 0. The number of nitrogens with zero attached hydrogens (tertiary/aromatic N) is 2. The first-order chi connectivity index (χ1) is 13.7. The van der Waals surface area contributed by atoms with Gasteiger partial charge in [-0.25, -0.2) is 0 Å². The van der Waals surface area contributed by atoms with Gasteiger partial charge in [-0.15, -0.1) is 5.10 Å². The van der Waals surface area contributed by atoms with E-state index >= 15 is 0 Å². The topological polar surface area (TPSA) is 82.9 Å². The van der Waals surface area contributed by atoms with Gasteiger partial charge in [-0.2, -0.15) is 5.10 Å². The maximum absolute atomic E-state index is 12.2. The number of rotatable bonds is 7. The molecule has 1 aliphatic heterocycles. The van der Waals surface area contributed by atoms with Crippen LogP contribution >= 0.6 is 11.8 Å². The molecule has 144 valence electrons. The molecule has 28 heavy (non-hydrogen) atoms. The van der Waals surface area contributed by atoms with Crippen LogP contribution in [-0.2, 0) is 16.1 Å². The minimum Gasteiger partial charge on any atom is -0.352 e. The minimum absolute atomic E-state index is 0.103. The molecule has 6 nitrogen and oxygen atoms in total. The molecule has 3 rings (SSSR count). The van der Waals surface area contributed by atoms with Crippen molar-refractivity contribution in [3.63, 3.8) is 0 Å². The van der Waals surface area contributed by atoms with E-state index in [2.05, 4.69) is 20.8 Å². The highest BCUT2D eigenvalue weighted by Crippen LogP contribution is 2.22. The van der Waals surface area contributed by atoms with Crippen LogP contribution in [0.4, 0.5) is 0 Å². The SMILES string of the molecule is CC/C(=N/N=C1/NC(=O)C(CC(=O)NCc2ccccc2)S1)c1ccccc1. The van der Waals surface area contributed by atoms with Crippen molar-refractivity contribution in [2.24, 2.45) is 10.2 Å². The molecule has 2 N–H and O–H groups in total. The van der Waals surface area contributed by atoms with Crippen molar-refractivity contribution in [2.45, 2.75) is 31.6 Å². The molecular formula is C21H22N4O2S. The zero-order valence-corrected chi connectivity index (χ0v) is 16.4. The number of hydrogen-bond donors (Lipinski definition) is 2. The average Bonchev–Trinajstić information content (AvgIpc) is 3.07. The van der Waals surface area contributed by atoms with Crippen LogP contribution in [-0.4, -0.2) is 27.9 Å². The van der Waals surface area contributed by atoms with Crippen LogP contribution in [0.5, 0.6) is 0 Å².